The molecule has 0 aromatic heterocycles. The van der Waals surface area contributed by atoms with E-state index in [-0.39, 0.29) is 11.9 Å². The van der Waals surface area contributed by atoms with Crippen molar-refractivity contribution in [2.75, 3.05) is 6.61 Å². The summed E-state index contributed by atoms with van der Waals surface area (Å²) in [6.45, 7) is 2.12. The third-order valence-electron chi connectivity index (χ3n) is 2.86. The number of aldehydes is 1. The first-order valence-corrected chi connectivity index (χ1v) is 5.41. The second-order valence-electron chi connectivity index (χ2n) is 3.81. The first kappa shape index (κ1) is 11.2. The van der Waals surface area contributed by atoms with E-state index in [1.807, 2.05) is 0 Å². The summed E-state index contributed by atoms with van der Waals surface area (Å²) in [6, 6.07) is 0. The molecule has 0 amide bonds. The van der Waals surface area contributed by atoms with Gasteiger partial charge >= 0.3 is 5.97 Å². The second kappa shape index (κ2) is 5.78. The van der Waals surface area contributed by atoms with Crippen LogP contribution in [0.2, 0.25) is 0 Å². The number of hydrogen-bond acceptors (Lipinski definition) is 3. The van der Waals surface area contributed by atoms with Gasteiger partial charge in [0.25, 0.3) is 0 Å². The summed E-state index contributed by atoms with van der Waals surface area (Å²) in [5, 5.41) is 0. The summed E-state index contributed by atoms with van der Waals surface area (Å²) in [4.78, 5) is 22.2. The van der Waals surface area contributed by atoms with Crippen molar-refractivity contribution in [2.45, 2.75) is 39.0 Å². The Morgan fingerprint density at radius 2 is 2.07 bits per heavy atom. The largest absolute Gasteiger partial charge is 0.465 e. The number of ether oxygens (including phenoxy) is 1. The van der Waals surface area contributed by atoms with Crippen molar-refractivity contribution in [2.24, 2.45) is 11.8 Å². The van der Waals surface area contributed by atoms with Gasteiger partial charge in [-0.05, 0) is 25.7 Å². The molecular formula is C11H18O3. The van der Waals surface area contributed by atoms with Crippen molar-refractivity contribution >= 4 is 12.3 Å². The highest BCUT2D eigenvalue weighted by Gasteiger charge is 2.29. The van der Waals surface area contributed by atoms with Crippen LogP contribution in [0.25, 0.3) is 0 Å². The minimum Gasteiger partial charge on any atom is -0.465 e. The van der Waals surface area contributed by atoms with Crippen LogP contribution in [0.15, 0.2) is 0 Å². The number of carbonyl (C=O) groups is 2. The summed E-state index contributed by atoms with van der Waals surface area (Å²) in [7, 11) is 0. The summed E-state index contributed by atoms with van der Waals surface area (Å²) >= 11 is 0. The molecule has 0 saturated heterocycles. The van der Waals surface area contributed by atoms with Crippen LogP contribution in [0, 0.1) is 11.8 Å². The first-order valence-electron chi connectivity index (χ1n) is 5.41. The zero-order valence-electron chi connectivity index (χ0n) is 8.70. The molecule has 1 aliphatic rings. The molecule has 3 nitrogen and oxygen atoms in total. The van der Waals surface area contributed by atoms with Crippen molar-refractivity contribution < 1.29 is 14.3 Å². The van der Waals surface area contributed by atoms with Gasteiger partial charge in [-0.25, -0.2) is 0 Å². The first-order chi connectivity index (χ1) is 6.79. The van der Waals surface area contributed by atoms with Crippen molar-refractivity contribution in [1.29, 1.82) is 0 Å². The number of rotatable bonds is 4. The highest BCUT2D eigenvalue weighted by Crippen LogP contribution is 2.29. The molecule has 0 spiro atoms. The summed E-state index contributed by atoms with van der Waals surface area (Å²) < 4.78 is 4.88. The average molecular weight is 198 g/mol. The highest BCUT2D eigenvalue weighted by molar-refractivity contribution is 5.88. The normalized spacial score (nSPS) is 20.1. The molecule has 1 fully saturated rings. The molecule has 80 valence electrons. The molecule has 0 aromatic carbocycles. The monoisotopic (exact) mass is 198 g/mol. The van der Waals surface area contributed by atoms with E-state index in [4.69, 9.17) is 4.74 Å². The summed E-state index contributed by atoms with van der Waals surface area (Å²) in [5.74, 6) is -0.634. The molecule has 0 aromatic rings. The molecule has 0 N–H and O–H groups in total. The van der Waals surface area contributed by atoms with Gasteiger partial charge in [-0.1, -0.05) is 19.3 Å². The van der Waals surface area contributed by atoms with Gasteiger partial charge < -0.3 is 9.53 Å². The molecule has 0 aliphatic heterocycles. The van der Waals surface area contributed by atoms with Gasteiger partial charge in [-0.15, -0.1) is 0 Å². The van der Waals surface area contributed by atoms with E-state index in [2.05, 4.69) is 0 Å². The number of hydrogen-bond donors (Lipinski definition) is 0. The Kier molecular flexibility index (Phi) is 4.63. The van der Waals surface area contributed by atoms with Gasteiger partial charge in [-0.2, -0.15) is 0 Å². The SMILES string of the molecule is CCOC(=O)C(C=O)C1CCCCC1. The van der Waals surface area contributed by atoms with Crippen molar-refractivity contribution in [3.05, 3.63) is 0 Å². The summed E-state index contributed by atoms with van der Waals surface area (Å²) in [5.41, 5.74) is 0. The Balaban J connectivity index is 2.50. The van der Waals surface area contributed by atoms with Gasteiger partial charge in [0.05, 0.1) is 6.61 Å². The third kappa shape index (κ3) is 2.82. The summed E-state index contributed by atoms with van der Waals surface area (Å²) in [6.07, 6.45) is 6.23. The Labute approximate surface area is 84.8 Å². The van der Waals surface area contributed by atoms with Crippen LogP contribution in [0.1, 0.15) is 39.0 Å². The maximum atomic E-state index is 11.4. The van der Waals surface area contributed by atoms with Crippen molar-refractivity contribution in [1.82, 2.24) is 0 Å². The predicted molar refractivity (Wildman–Crippen MR) is 52.8 cm³/mol. The van der Waals surface area contributed by atoms with Crippen molar-refractivity contribution in [3.63, 3.8) is 0 Å². The highest BCUT2D eigenvalue weighted by atomic mass is 16.5. The van der Waals surface area contributed by atoms with E-state index < -0.39 is 5.92 Å². The van der Waals surface area contributed by atoms with Gasteiger partial charge in [0.2, 0.25) is 0 Å². The molecule has 1 atom stereocenters. The van der Waals surface area contributed by atoms with E-state index in [9.17, 15) is 9.59 Å². The lowest BCUT2D eigenvalue weighted by atomic mass is 9.80. The van der Waals surface area contributed by atoms with Crippen LogP contribution in [0.4, 0.5) is 0 Å². The van der Waals surface area contributed by atoms with Crippen LogP contribution < -0.4 is 0 Å². The number of carbonyl (C=O) groups excluding carboxylic acids is 2. The van der Waals surface area contributed by atoms with Crippen molar-refractivity contribution in [3.8, 4) is 0 Å². The molecule has 0 bridgehead atoms. The molecule has 0 radical (unpaired) electrons. The predicted octanol–water partition coefficient (Wildman–Crippen LogP) is 1.94. The molecule has 14 heavy (non-hydrogen) atoms. The van der Waals surface area contributed by atoms with Crippen LogP contribution in [-0.2, 0) is 14.3 Å². The minimum atomic E-state index is -0.518. The maximum absolute atomic E-state index is 11.4. The zero-order valence-corrected chi connectivity index (χ0v) is 8.70. The molecule has 3 heteroatoms. The third-order valence-corrected chi connectivity index (χ3v) is 2.86. The molecule has 1 saturated carbocycles. The molecule has 1 unspecified atom stereocenters. The molecular weight excluding hydrogens is 180 g/mol. The average Bonchev–Trinajstić information content (AvgIpc) is 2.21. The maximum Gasteiger partial charge on any atom is 0.316 e. The topological polar surface area (TPSA) is 43.4 Å². The van der Waals surface area contributed by atoms with Gasteiger partial charge in [0.1, 0.15) is 12.2 Å². The molecule has 0 heterocycles. The van der Waals surface area contributed by atoms with E-state index in [0.29, 0.717) is 6.61 Å². The lowest BCUT2D eigenvalue weighted by molar-refractivity contribution is -0.151. The fraction of sp³-hybridized carbons (Fsp3) is 0.818. The lowest BCUT2D eigenvalue weighted by Gasteiger charge is -2.25. The Bertz CT molecular complexity index is 195. The van der Waals surface area contributed by atoms with Crippen LogP contribution >= 0.6 is 0 Å². The fourth-order valence-corrected chi connectivity index (χ4v) is 2.09. The van der Waals surface area contributed by atoms with E-state index in [1.165, 1.54) is 6.42 Å². The number of esters is 1. The standard InChI is InChI=1S/C11H18O3/c1-2-14-11(13)10(8-12)9-6-4-3-5-7-9/h8-10H,2-7H2,1H3. The zero-order chi connectivity index (χ0) is 10.4. The van der Waals surface area contributed by atoms with Gasteiger partial charge in [0.15, 0.2) is 0 Å². The van der Waals surface area contributed by atoms with Gasteiger partial charge in [-0.3, -0.25) is 4.79 Å². The van der Waals surface area contributed by atoms with E-state index in [0.717, 1.165) is 32.0 Å². The van der Waals surface area contributed by atoms with Crippen LogP contribution in [0.5, 0.6) is 0 Å². The van der Waals surface area contributed by atoms with Crippen LogP contribution in [0.3, 0.4) is 0 Å². The van der Waals surface area contributed by atoms with E-state index in [1.54, 1.807) is 6.92 Å². The smallest absolute Gasteiger partial charge is 0.316 e. The second-order valence-corrected chi connectivity index (χ2v) is 3.81. The van der Waals surface area contributed by atoms with Gasteiger partial charge in [0, 0.05) is 0 Å². The fourth-order valence-electron chi connectivity index (χ4n) is 2.09. The Hall–Kier alpha value is -0.860. The van der Waals surface area contributed by atoms with Crippen LogP contribution in [-0.4, -0.2) is 18.9 Å². The van der Waals surface area contributed by atoms with E-state index >= 15 is 0 Å². The molecule has 1 aliphatic carbocycles. The Morgan fingerprint density at radius 1 is 1.43 bits per heavy atom. The lowest BCUT2D eigenvalue weighted by Crippen LogP contribution is -2.28. The minimum absolute atomic E-state index is 0.222. The molecule has 1 rings (SSSR count). The Morgan fingerprint density at radius 3 is 2.57 bits per heavy atom. The quantitative estimate of drug-likeness (QED) is 0.394.